The molecule has 8 nitrogen and oxygen atoms in total. The van der Waals surface area contributed by atoms with E-state index in [1.165, 1.54) is 0 Å². The van der Waals surface area contributed by atoms with Crippen LogP contribution in [0.1, 0.15) is 59.5 Å². The van der Waals surface area contributed by atoms with Gasteiger partial charge in [-0.05, 0) is 58.1 Å². The van der Waals surface area contributed by atoms with E-state index in [1.54, 1.807) is 25.6 Å². The fourth-order valence-corrected chi connectivity index (χ4v) is 6.10. The Morgan fingerprint density at radius 3 is 2.56 bits per heavy atom. The third-order valence-corrected chi connectivity index (χ3v) is 8.20. The number of anilines is 1. The Morgan fingerprint density at radius 1 is 1.18 bits per heavy atom. The van der Waals surface area contributed by atoms with E-state index in [0.717, 1.165) is 53.8 Å². The molecule has 0 radical (unpaired) electrons. The second-order valence-corrected chi connectivity index (χ2v) is 10.8. The van der Waals surface area contributed by atoms with E-state index < -0.39 is 0 Å². The number of fused-ring (bicyclic) bond motifs is 1. The number of hydrogen-bond donors (Lipinski definition) is 1. The molecular formula is C30H34ClN5O3. The van der Waals surface area contributed by atoms with Crippen molar-refractivity contribution in [3.05, 3.63) is 80.6 Å². The number of carbonyl (C=O) groups is 1. The third-order valence-electron chi connectivity index (χ3n) is 8.01. The number of Topliss-reactive ketones (excluding diaryl/α,β-unsaturated/α-hetero) is 1. The smallest absolute Gasteiger partial charge is 0.255 e. The summed E-state index contributed by atoms with van der Waals surface area (Å²) in [4.78, 5) is 40.0. The monoisotopic (exact) mass is 547 g/mol. The van der Waals surface area contributed by atoms with E-state index in [-0.39, 0.29) is 23.8 Å². The van der Waals surface area contributed by atoms with Crippen molar-refractivity contribution < 1.29 is 9.53 Å². The minimum absolute atomic E-state index is 0.0337. The van der Waals surface area contributed by atoms with Crippen LogP contribution in [0.3, 0.4) is 0 Å². The van der Waals surface area contributed by atoms with Crippen LogP contribution in [0.4, 0.5) is 5.95 Å². The molecule has 0 aliphatic carbocycles. The Morgan fingerprint density at radius 2 is 1.87 bits per heavy atom. The molecule has 1 N–H and O–H groups in total. The second kappa shape index (κ2) is 11.2. The molecule has 0 bridgehead atoms. The summed E-state index contributed by atoms with van der Waals surface area (Å²) in [6, 6.07) is 10.1. The lowest BCUT2D eigenvalue weighted by atomic mass is 9.90. The third kappa shape index (κ3) is 5.30. The molecule has 1 aliphatic heterocycles. The first kappa shape index (κ1) is 26.9. The summed E-state index contributed by atoms with van der Waals surface area (Å²) in [5, 5.41) is 1.50. The summed E-state index contributed by atoms with van der Waals surface area (Å²) in [5.74, 6) is 1.71. The van der Waals surface area contributed by atoms with Gasteiger partial charge in [0, 0.05) is 53.4 Å². The zero-order chi connectivity index (χ0) is 27.7. The van der Waals surface area contributed by atoms with Crippen LogP contribution in [0.2, 0.25) is 5.02 Å². The summed E-state index contributed by atoms with van der Waals surface area (Å²) in [5.41, 5.74) is 3.81. The van der Waals surface area contributed by atoms with E-state index in [4.69, 9.17) is 16.3 Å². The van der Waals surface area contributed by atoms with Crippen molar-refractivity contribution in [2.24, 2.45) is 5.92 Å². The minimum atomic E-state index is -0.206. The molecule has 1 aliphatic rings. The number of carbonyl (C=O) groups excluding carboxylic acids is 1. The average molecular weight is 548 g/mol. The lowest BCUT2D eigenvalue weighted by Crippen LogP contribution is -2.37. The standard InChI is InChI=1S/C30H34ClN5O3/c1-18-15-27(39-4)24(29(38)34-18)9-10-26(37)28-20(3)36(25-8-6-5-7-23(25)28)19(2)21-11-13-35(14-12-21)30-32-16-22(31)17-33-30/h5-8,15-17,19,21H,9-14H2,1-4H3,(H,34,38)/t19-/m1/s1. The van der Waals surface area contributed by atoms with Crippen molar-refractivity contribution in [2.45, 2.75) is 52.5 Å². The van der Waals surface area contributed by atoms with Gasteiger partial charge in [-0.25, -0.2) is 9.97 Å². The predicted octanol–water partition coefficient (Wildman–Crippen LogP) is 5.69. The maximum Gasteiger partial charge on any atom is 0.255 e. The molecule has 4 aromatic rings. The average Bonchev–Trinajstić information content (AvgIpc) is 3.23. The van der Waals surface area contributed by atoms with E-state index in [1.807, 2.05) is 32.0 Å². The number of methoxy groups -OCH3 is 1. The summed E-state index contributed by atoms with van der Waals surface area (Å²) in [6.07, 6.45) is 5.81. The molecule has 4 heterocycles. The number of benzene rings is 1. The predicted molar refractivity (Wildman–Crippen MR) is 154 cm³/mol. The molecule has 0 spiro atoms. The van der Waals surface area contributed by atoms with Gasteiger partial charge in [0.1, 0.15) is 5.75 Å². The Labute approximate surface area is 233 Å². The molecule has 0 saturated carbocycles. The first-order chi connectivity index (χ1) is 18.8. The second-order valence-electron chi connectivity index (χ2n) is 10.4. The van der Waals surface area contributed by atoms with Crippen LogP contribution in [0.5, 0.6) is 5.75 Å². The summed E-state index contributed by atoms with van der Waals surface area (Å²) < 4.78 is 7.76. The summed E-state index contributed by atoms with van der Waals surface area (Å²) in [7, 11) is 1.55. The zero-order valence-corrected chi connectivity index (χ0v) is 23.6. The van der Waals surface area contributed by atoms with Crippen LogP contribution in [0, 0.1) is 19.8 Å². The molecule has 5 rings (SSSR count). The Bertz CT molecular complexity index is 1550. The SMILES string of the molecule is COc1cc(C)[nH]c(=O)c1CCC(=O)c1c(C)n([C@H](C)C2CCN(c3ncc(Cl)cn3)CC2)c2ccccc12. The highest BCUT2D eigenvalue weighted by molar-refractivity contribution is 6.30. The number of nitrogens with zero attached hydrogens (tertiary/aromatic N) is 4. The van der Waals surface area contributed by atoms with Gasteiger partial charge < -0.3 is 19.2 Å². The quantitative estimate of drug-likeness (QED) is 0.285. The van der Waals surface area contributed by atoms with Crippen LogP contribution in [0.15, 0.2) is 47.5 Å². The van der Waals surface area contributed by atoms with Crippen molar-refractivity contribution in [3.63, 3.8) is 0 Å². The zero-order valence-electron chi connectivity index (χ0n) is 22.8. The van der Waals surface area contributed by atoms with E-state index in [2.05, 4.69) is 37.4 Å². The maximum atomic E-state index is 13.7. The Hall–Kier alpha value is -3.65. The van der Waals surface area contributed by atoms with Crippen molar-refractivity contribution in [2.75, 3.05) is 25.1 Å². The van der Waals surface area contributed by atoms with Crippen molar-refractivity contribution in [1.82, 2.24) is 19.5 Å². The van der Waals surface area contributed by atoms with Crippen LogP contribution in [0.25, 0.3) is 10.9 Å². The van der Waals surface area contributed by atoms with Gasteiger partial charge in [-0.2, -0.15) is 0 Å². The number of aryl methyl sites for hydroxylation is 1. The number of pyridine rings is 1. The number of para-hydroxylation sites is 1. The Balaban J connectivity index is 1.37. The lowest BCUT2D eigenvalue weighted by Gasteiger charge is -2.36. The van der Waals surface area contributed by atoms with Gasteiger partial charge in [-0.1, -0.05) is 29.8 Å². The van der Waals surface area contributed by atoms with Gasteiger partial charge in [0.05, 0.1) is 30.1 Å². The molecule has 1 atom stereocenters. The van der Waals surface area contributed by atoms with Gasteiger partial charge in [-0.15, -0.1) is 0 Å². The molecule has 1 fully saturated rings. The molecular weight excluding hydrogens is 514 g/mol. The van der Waals surface area contributed by atoms with Crippen molar-refractivity contribution in [1.29, 1.82) is 0 Å². The highest BCUT2D eigenvalue weighted by Gasteiger charge is 2.30. The van der Waals surface area contributed by atoms with Crippen molar-refractivity contribution >= 4 is 34.2 Å². The fourth-order valence-electron chi connectivity index (χ4n) is 6.00. The number of nitrogens with one attached hydrogen (secondary N) is 1. The number of ketones is 1. The van der Waals surface area contributed by atoms with Gasteiger partial charge in [0.15, 0.2) is 5.78 Å². The molecule has 9 heteroatoms. The molecule has 0 amide bonds. The lowest BCUT2D eigenvalue weighted by molar-refractivity contribution is 0.0983. The Kier molecular flexibility index (Phi) is 7.75. The molecule has 0 unspecified atom stereocenters. The number of H-pyrrole nitrogens is 1. The largest absolute Gasteiger partial charge is 0.496 e. The van der Waals surface area contributed by atoms with Crippen LogP contribution < -0.4 is 15.2 Å². The van der Waals surface area contributed by atoms with E-state index in [0.29, 0.717) is 34.6 Å². The highest BCUT2D eigenvalue weighted by Crippen LogP contribution is 2.36. The van der Waals surface area contributed by atoms with Crippen LogP contribution >= 0.6 is 11.6 Å². The first-order valence-corrected chi connectivity index (χ1v) is 13.8. The van der Waals surface area contributed by atoms with Crippen LogP contribution in [-0.4, -0.2) is 45.5 Å². The topological polar surface area (TPSA) is 93.1 Å². The normalized spacial score (nSPS) is 15.1. The maximum absolute atomic E-state index is 13.7. The first-order valence-electron chi connectivity index (χ1n) is 13.4. The number of aromatic nitrogens is 4. The molecule has 3 aromatic heterocycles. The summed E-state index contributed by atoms with van der Waals surface area (Å²) >= 11 is 5.96. The van der Waals surface area contributed by atoms with Crippen molar-refractivity contribution in [3.8, 4) is 5.75 Å². The molecule has 39 heavy (non-hydrogen) atoms. The number of halogens is 1. The fraction of sp³-hybridized carbons (Fsp3) is 0.400. The van der Waals surface area contributed by atoms with Gasteiger partial charge in [-0.3, -0.25) is 9.59 Å². The molecule has 1 aromatic carbocycles. The number of ether oxygens (including phenoxy) is 1. The van der Waals surface area contributed by atoms with Crippen LogP contribution in [-0.2, 0) is 6.42 Å². The number of rotatable bonds is 8. The van der Waals surface area contributed by atoms with Gasteiger partial charge in [0.25, 0.3) is 5.56 Å². The number of hydrogen-bond acceptors (Lipinski definition) is 6. The van der Waals surface area contributed by atoms with Gasteiger partial charge >= 0.3 is 0 Å². The van der Waals surface area contributed by atoms with E-state index >= 15 is 0 Å². The summed E-state index contributed by atoms with van der Waals surface area (Å²) in [6.45, 7) is 7.85. The minimum Gasteiger partial charge on any atom is -0.496 e. The number of piperidine rings is 1. The highest BCUT2D eigenvalue weighted by atomic mass is 35.5. The van der Waals surface area contributed by atoms with Gasteiger partial charge in [0.2, 0.25) is 5.95 Å². The molecule has 204 valence electrons. The molecule has 1 saturated heterocycles. The van der Waals surface area contributed by atoms with E-state index in [9.17, 15) is 9.59 Å². The number of aromatic amines is 1.